The van der Waals surface area contributed by atoms with Crippen LogP contribution < -0.4 is 14.8 Å². The van der Waals surface area contributed by atoms with Crippen molar-refractivity contribution in [3.05, 3.63) is 27.8 Å². The highest BCUT2D eigenvalue weighted by molar-refractivity contribution is 5.54. The van der Waals surface area contributed by atoms with Crippen molar-refractivity contribution >= 4 is 5.69 Å². The fourth-order valence-corrected chi connectivity index (χ4v) is 1.62. The molecule has 6 nitrogen and oxygen atoms in total. The molecule has 0 aliphatic heterocycles. The molecule has 1 rings (SSSR count). The van der Waals surface area contributed by atoms with Crippen LogP contribution in [0.3, 0.4) is 0 Å². The summed E-state index contributed by atoms with van der Waals surface area (Å²) < 4.78 is 10.2. The first-order valence-corrected chi connectivity index (χ1v) is 5.74. The molecule has 1 aromatic carbocycles. The number of benzene rings is 1. The highest BCUT2D eigenvalue weighted by Crippen LogP contribution is 2.34. The number of ether oxygens (including phenoxy) is 2. The van der Waals surface area contributed by atoms with E-state index in [0.717, 1.165) is 13.0 Å². The van der Waals surface area contributed by atoms with E-state index < -0.39 is 4.92 Å². The lowest BCUT2D eigenvalue weighted by molar-refractivity contribution is -0.385. The van der Waals surface area contributed by atoms with Crippen molar-refractivity contribution < 1.29 is 14.4 Å². The minimum Gasteiger partial charge on any atom is -0.493 e. The number of nitro groups is 1. The molecule has 18 heavy (non-hydrogen) atoms. The molecule has 0 fully saturated rings. The molecule has 6 heteroatoms. The van der Waals surface area contributed by atoms with Gasteiger partial charge in [0.25, 0.3) is 5.69 Å². The Kier molecular flexibility index (Phi) is 5.38. The van der Waals surface area contributed by atoms with Gasteiger partial charge in [-0.2, -0.15) is 0 Å². The summed E-state index contributed by atoms with van der Waals surface area (Å²) in [6.45, 7) is 3.28. The van der Waals surface area contributed by atoms with Crippen molar-refractivity contribution in [2.45, 2.75) is 19.9 Å². The molecule has 0 spiro atoms. The Morgan fingerprint density at radius 3 is 2.39 bits per heavy atom. The summed E-state index contributed by atoms with van der Waals surface area (Å²) in [6.07, 6.45) is 0.973. The Labute approximate surface area is 106 Å². The van der Waals surface area contributed by atoms with E-state index in [-0.39, 0.29) is 5.69 Å². The van der Waals surface area contributed by atoms with Gasteiger partial charge in [0.05, 0.1) is 25.2 Å². The van der Waals surface area contributed by atoms with Crippen LogP contribution in [0.1, 0.15) is 18.9 Å². The third-order valence-corrected chi connectivity index (χ3v) is 2.52. The van der Waals surface area contributed by atoms with E-state index in [1.807, 2.05) is 6.92 Å². The number of nitrogens with zero attached hydrogens (tertiary/aromatic N) is 1. The number of methoxy groups -OCH3 is 2. The molecule has 1 aromatic rings. The molecule has 0 aromatic heterocycles. The molecule has 0 unspecified atom stereocenters. The fraction of sp³-hybridized carbons (Fsp3) is 0.500. The molecule has 0 saturated carbocycles. The van der Waals surface area contributed by atoms with E-state index in [1.54, 1.807) is 6.07 Å². The minimum absolute atomic E-state index is 0.0382. The maximum absolute atomic E-state index is 11.0. The van der Waals surface area contributed by atoms with Gasteiger partial charge < -0.3 is 14.8 Å². The highest BCUT2D eigenvalue weighted by atomic mass is 16.6. The number of rotatable bonds is 7. The SMILES string of the molecule is CCCNCc1cc(OC)c(OC)cc1[N+](=O)[O-]. The average molecular weight is 254 g/mol. The predicted molar refractivity (Wildman–Crippen MR) is 68.2 cm³/mol. The van der Waals surface area contributed by atoms with Crippen LogP contribution in [-0.4, -0.2) is 25.7 Å². The van der Waals surface area contributed by atoms with Crippen LogP contribution in [0, 0.1) is 10.1 Å². The van der Waals surface area contributed by atoms with Crippen molar-refractivity contribution in [3.63, 3.8) is 0 Å². The Morgan fingerprint density at radius 2 is 1.89 bits per heavy atom. The molecule has 0 heterocycles. The first kappa shape index (κ1) is 14.2. The first-order chi connectivity index (χ1) is 8.63. The van der Waals surface area contributed by atoms with Gasteiger partial charge in [-0.15, -0.1) is 0 Å². The molecule has 0 saturated heterocycles. The maximum Gasteiger partial charge on any atom is 0.277 e. The second-order valence-electron chi connectivity index (χ2n) is 3.77. The van der Waals surface area contributed by atoms with Gasteiger partial charge in [0.2, 0.25) is 0 Å². The standard InChI is InChI=1S/C12H18N2O4/c1-4-5-13-8-9-6-11(17-2)12(18-3)7-10(9)14(15)16/h6-7,13H,4-5,8H2,1-3H3. The van der Waals surface area contributed by atoms with E-state index >= 15 is 0 Å². The molecular formula is C12H18N2O4. The quantitative estimate of drug-likeness (QED) is 0.458. The molecule has 0 aliphatic carbocycles. The minimum atomic E-state index is -0.412. The van der Waals surface area contributed by atoms with Gasteiger partial charge in [0.1, 0.15) is 0 Å². The Hall–Kier alpha value is -1.82. The molecule has 0 radical (unpaired) electrons. The van der Waals surface area contributed by atoms with Crippen LogP contribution in [-0.2, 0) is 6.54 Å². The van der Waals surface area contributed by atoms with E-state index in [9.17, 15) is 10.1 Å². The lowest BCUT2D eigenvalue weighted by Crippen LogP contribution is -2.15. The first-order valence-electron chi connectivity index (χ1n) is 5.74. The van der Waals surface area contributed by atoms with Gasteiger partial charge in [0.15, 0.2) is 11.5 Å². The summed E-state index contributed by atoms with van der Waals surface area (Å²) in [5.41, 5.74) is 0.627. The monoisotopic (exact) mass is 254 g/mol. The van der Waals surface area contributed by atoms with Crippen LogP contribution in [0.4, 0.5) is 5.69 Å². The van der Waals surface area contributed by atoms with Gasteiger partial charge >= 0.3 is 0 Å². The van der Waals surface area contributed by atoms with E-state index in [4.69, 9.17) is 9.47 Å². The molecule has 100 valence electrons. The molecule has 0 aliphatic rings. The zero-order valence-corrected chi connectivity index (χ0v) is 10.9. The van der Waals surface area contributed by atoms with Gasteiger partial charge in [0, 0.05) is 12.1 Å². The van der Waals surface area contributed by atoms with Crippen LogP contribution in [0.15, 0.2) is 12.1 Å². The molecular weight excluding hydrogens is 236 g/mol. The van der Waals surface area contributed by atoms with Crippen molar-refractivity contribution in [1.82, 2.24) is 5.32 Å². The van der Waals surface area contributed by atoms with E-state index in [2.05, 4.69) is 5.32 Å². The van der Waals surface area contributed by atoms with Crippen molar-refractivity contribution in [2.24, 2.45) is 0 Å². The third-order valence-electron chi connectivity index (χ3n) is 2.52. The van der Waals surface area contributed by atoms with E-state index in [1.165, 1.54) is 20.3 Å². The van der Waals surface area contributed by atoms with Crippen molar-refractivity contribution in [3.8, 4) is 11.5 Å². The number of nitrogens with one attached hydrogen (secondary N) is 1. The lowest BCUT2D eigenvalue weighted by Gasteiger charge is -2.11. The lowest BCUT2D eigenvalue weighted by atomic mass is 10.1. The number of hydrogen-bond acceptors (Lipinski definition) is 5. The van der Waals surface area contributed by atoms with Gasteiger partial charge in [-0.25, -0.2) is 0 Å². The predicted octanol–water partition coefficient (Wildman–Crippen LogP) is 2.11. The van der Waals surface area contributed by atoms with Crippen LogP contribution in [0.2, 0.25) is 0 Å². The second kappa shape index (κ2) is 6.80. The normalized spacial score (nSPS) is 10.2. The largest absolute Gasteiger partial charge is 0.493 e. The Morgan fingerprint density at radius 1 is 1.28 bits per heavy atom. The van der Waals surface area contributed by atoms with E-state index in [0.29, 0.717) is 23.6 Å². The van der Waals surface area contributed by atoms with Crippen molar-refractivity contribution in [1.29, 1.82) is 0 Å². The zero-order chi connectivity index (χ0) is 13.5. The van der Waals surface area contributed by atoms with Gasteiger partial charge in [-0.1, -0.05) is 6.92 Å². The summed E-state index contributed by atoms with van der Waals surface area (Å²) in [5, 5.41) is 14.1. The van der Waals surface area contributed by atoms with Crippen LogP contribution in [0.5, 0.6) is 11.5 Å². The maximum atomic E-state index is 11.0. The third kappa shape index (κ3) is 3.33. The van der Waals surface area contributed by atoms with Crippen molar-refractivity contribution in [2.75, 3.05) is 20.8 Å². The Balaban J connectivity index is 3.08. The summed E-state index contributed by atoms with van der Waals surface area (Å²) >= 11 is 0. The molecule has 0 atom stereocenters. The topological polar surface area (TPSA) is 73.6 Å². The average Bonchev–Trinajstić information content (AvgIpc) is 2.38. The zero-order valence-electron chi connectivity index (χ0n) is 10.9. The Bertz CT molecular complexity index is 421. The van der Waals surface area contributed by atoms with Gasteiger partial charge in [-0.3, -0.25) is 10.1 Å². The molecule has 1 N–H and O–H groups in total. The van der Waals surface area contributed by atoms with Crippen LogP contribution in [0.25, 0.3) is 0 Å². The van der Waals surface area contributed by atoms with Crippen LogP contribution >= 0.6 is 0 Å². The summed E-state index contributed by atoms with van der Waals surface area (Å²) in [4.78, 5) is 10.6. The fourth-order valence-electron chi connectivity index (χ4n) is 1.62. The highest BCUT2D eigenvalue weighted by Gasteiger charge is 2.18. The molecule has 0 amide bonds. The number of nitro benzene ring substituents is 1. The smallest absolute Gasteiger partial charge is 0.277 e. The second-order valence-corrected chi connectivity index (χ2v) is 3.77. The summed E-state index contributed by atoms with van der Waals surface area (Å²) in [6, 6.07) is 3.03. The molecule has 0 bridgehead atoms. The van der Waals surface area contributed by atoms with Gasteiger partial charge in [-0.05, 0) is 19.0 Å². The summed E-state index contributed by atoms with van der Waals surface area (Å²) in [5.74, 6) is 0.861. The number of hydrogen-bond donors (Lipinski definition) is 1. The summed E-state index contributed by atoms with van der Waals surface area (Å²) in [7, 11) is 2.96.